The molecule has 0 atom stereocenters. The van der Waals surface area contributed by atoms with Crippen molar-refractivity contribution >= 4 is 17.5 Å². The summed E-state index contributed by atoms with van der Waals surface area (Å²) in [5.74, 6) is -1.06. The highest BCUT2D eigenvalue weighted by molar-refractivity contribution is 5.79. The first-order valence-electron chi connectivity index (χ1n) is 7.48. The number of hydrogen-bond acceptors (Lipinski definition) is 3. The van der Waals surface area contributed by atoms with Crippen LogP contribution in [0.2, 0.25) is 0 Å². The van der Waals surface area contributed by atoms with Gasteiger partial charge in [-0.25, -0.2) is 4.98 Å². The zero-order valence-corrected chi connectivity index (χ0v) is 12.5. The van der Waals surface area contributed by atoms with Crippen LogP contribution in [-0.4, -0.2) is 44.4 Å². The lowest BCUT2D eigenvalue weighted by atomic mass is 9.97. The molecular weight excluding hydrogens is 282 g/mol. The quantitative estimate of drug-likeness (QED) is 0.932. The molecule has 1 aliphatic heterocycles. The van der Waals surface area contributed by atoms with Crippen LogP contribution in [0, 0.1) is 12.8 Å². The molecule has 1 aliphatic rings. The van der Waals surface area contributed by atoms with Crippen molar-refractivity contribution in [1.29, 1.82) is 0 Å². The molecule has 0 aliphatic carbocycles. The number of carboxylic acid groups (broad SMARTS) is 1. The van der Waals surface area contributed by atoms with Crippen LogP contribution in [0.15, 0.2) is 24.5 Å². The van der Waals surface area contributed by atoms with Gasteiger partial charge < -0.3 is 14.4 Å². The molecule has 1 amide bonds. The van der Waals surface area contributed by atoms with E-state index in [0.29, 0.717) is 25.9 Å². The number of likely N-dealkylation sites (tertiary alicyclic amines) is 1. The van der Waals surface area contributed by atoms with E-state index < -0.39 is 5.97 Å². The molecule has 2 aromatic rings. The van der Waals surface area contributed by atoms with Crippen molar-refractivity contribution in [2.75, 3.05) is 13.1 Å². The van der Waals surface area contributed by atoms with Crippen molar-refractivity contribution in [1.82, 2.24) is 14.3 Å². The molecule has 0 bridgehead atoms. The minimum Gasteiger partial charge on any atom is -0.481 e. The zero-order valence-electron chi connectivity index (χ0n) is 12.5. The number of carbonyl (C=O) groups excluding carboxylic acids is 1. The Morgan fingerprint density at radius 1 is 1.36 bits per heavy atom. The van der Waals surface area contributed by atoms with Crippen molar-refractivity contribution in [3.05, 3.63) is 35.8 Å². The Morgan fingerprint density at radius 2 is 2.09 bits per heavy atom. The van der Waals surface area contributed by atoms with E-state index in [-0.39, 0.29) is 18.2 Å². The first-order chi connectivity index (χ1) is 10.5. The van der Waals surface area contributed by atoms with Gasteiger partial charge >= 0.3 is 5.97 Å². The molecule has 1 fully saturated rings. The van der Waals surface area contributed by atoms with E-state index in [1.807, 2.05) is 35.9 Å². The molecule has 1 saturated heterocycles. The van der Waals surface area contributed by atoms with Gasteiger partial charge in [0.2, 0.25) is 5.91 Å². The van der Waals surface area contributed by atoms with Gasteiger partial charge in [-0.3, -0.25) is 9.59 Å². The molecule has 116 valence electrons. The first-order valence-corrected chi connectivity index (χ1v) is 7.48. The van der Waals surface area contributed by atoms with Crippen molar-refractivity contribution in [2.45, 2.75) is 26.2 Å². The molecular formula is C16H19N3O3. The summed E-state index contributed by atoms with van der Waals surface area (Å²) < 4.78 is 1.93. The van der Waals surface area contributed by atoms with Gasteiger partial charge in [-0.05, 0) is 31.4 Å². The van der Waals surface area contributed by atoms with E-state index in [4.69, 9.17) is 5.11 Å². The zero-order chi connectivity index (χ0) is 15.7. The number of piperidine rings is 1. The fourth-order valence-electron chi connectivity index (χ4n) is 2.93. The third-order valence-electron chi connectivity index (χ3n) is 4.26. The molecule has 0 aromatic carbocycles. The summed E-state index contributed by atoms with van der Waals surface area (Å²) in [6.45, 7) is 3.02. The smallest absolute Gasteiger partial charge is 0.306 e. The number of aryl methyl sites for hydroxylation is 1. The lowest BCUT2D eigenvalue weighted by Gasteiger charge is -2.30. The van der Waals surface area contributed by atoms with Crippen molar-refractivity contribution in [3.8, 4) is 0 Å². The Bertz CT molecular complexity index is 714. The van der Waals surface area contributed by atoms with Crippen LogP contribution in [-0.2, 0) is 16.0 Å². The summed E-state index contributed by atoms with van der Waals surface area (Å²) in [5.41, 5.74) is 2.69. The predicted octanol–water partition coefficient (Wildman–Crippen LogP) is 1.51. The second-order valence-electron chi connectivity index (χ2n) is 5.82. The van der Waals surface area contributed by atoms with E-state index in [9.17, 15) is 9.59 Å². The van der Waals surface area contributed by atoms with Crippen LogP contribution >= 0.6 is 0 Å². The fraction of sp³-hybridized carbons (Fsp3) is 0.438. The highest BCUT2D eigenvalue weighted by atomic mass is 16.4. The minimum atomic E-state index is -0.761. The number of fused-ring (bicyclic) bond motifs is 1. The van der Waals surface area contributed by atoms with Crippen LogP contribution in [0.3, 0.4) is 0 Å². The number of aromatic nitrogens is 2. The number of pyridine rings is 1. The van der Waals surface area contributed by atoms with Gasteiger partial charge in [-0.15, -0.1) is 0 Å². The van der Waals surface area contributed by atoms with Gasteiger partial charge in [0, 0.05) is 25.5 Å². The molecule has 0 radical (unpaired) electrons. The van der Waals surface area contributed by atoms with Gasteiger partial charge in [-0.2, -0.15) is 0 Å². The summed E-state index contributed by atoms with van der Waals surface area (Å²) >= 11 is 0. The second kappa shape index (κ2) is 5.79. The number of carbonyl (C=O) groups is 2. The largest absolute Gasteiger partial charge is 0.481 e. The number of hydrogen-bond donors (Lipinski definition) is 1. The maximum atomic E-state index is 12.3. The molecule has 2 aromatic heterocycles. The Labute approximate surface area is 128 Å². The molecule has 1 N–H and O–H groups in total. The topological polar surface area (TPSA) is 74.9 Å². The fourth-order valence-corrected chi connectivity index (χ4v) is 2.93. The lowest BCUT2D eigenvalue weighted by Crippen LogP contribution is -2.41. The number of rotatable bonds is 3. The van der Waals surface area contributed by atoms with Crippen molar-refractivity contribution < 1.29 is 14.7 Å². The van der Waals surface area contributed by atoms with Gasteiger partial charge in [-0.1, -0.05) is 6.07 Å². The molecule has 3 rings (SSSR count). The Hall–Kier alpha value is -2.37. The van der Waals surface area contributed by atoms with Crippen LogP contribution in [0.1, 0.15) is 24.1 Å². The van der Waals surface area contributed by atoms with E-state index in [0.717, 1.165) is 16.9 Å². The summed E-state index contributed by atoms with van der Waals surface area (Å²) in [4.78, 5) is 29.5. The first kappa shape index (κ1) is 14.6. The third-order valence-corrected chi connectivity index (χ3v) is 4.26. The summed E-state index contributed by atoms with van der Waals surface area (Å²) in [6, 6.07) is 3.94. The van der Waals surface area contributed by atoms with Gasteiger partial charge in [0.15, 0.2) is 0 Å². The Balaban J connectivity index is 1.66. The molecule has 6 heteroatoms. The molecule has 22 heavy (non-hydrogen) atoms. The third kappa shape index (κ3) is 2.81. The number of nitrogens with zero attached hydrogens (tertiary/aromatic N) is 3. The summed E-state index contributed by atoms with van der Waals surface area (Å²) in [7, 11) is 0. The normalized spacial score (nSPS) is 16.1. The molecule has 6 nitrogen and oxygen atoms in total. The maximum absolute atomic E-state index is 12.3. The van der Waals surface area contributed by atoms with Crippen molar-refractivity contribution in [3.63, 3.8) is 0 Å². The van der Waals surface area contributed by atoms with Crippen molar-refractivity contribution in [2.24, 2.45) is 5.92 Å². The average Bonchev–Trinajstić information content (AvgIpc) is 2.91. The van der Waals surface area contributed by atoms with Crippen LogP contribution in [0.4, 0.5) is 0 Å². The number of carboxylic acids is 1. The SMILES string of the molecule is Cc1cccn2cc(CC(=O)N3CCC(C(=O)O)CC3)nc12. The van der Waals surface area contributed by atoms with Crippen LogP contribution < -0.4 is 0 Å². The number of imidazole rings is 1. The number of aliphatic carboxylic acids is 1. The van der Waals surface area contributed by atoms with E-state index in [1.165, 1.54) is 0 Å². The van der Waals surface area contributed by atoms with Crippen LogP contribution in [0.5, 0.6) is 0 Å². The van der Waals surface area contributed by atoms with Gasteiger partial charge in [0.25, 0.3) is 0 Å². The Kier molecular flexibility index (Phi) is 3.83. The average molecular weight is 301 g/mol. The molecule has 0 saturated carbocycles. The Morgan fingerprint density at radius 3 is 2.73 bits per heavy atom. The second-order valence-corrected chi connectivity index (χ2v) is 5.82. The van der Waals surface area contributed by atoms with Gasteiger partial charge in [0.05, 0.1) is 18.0 Å². The summed E-state index contributed by atoms with van der Waals surface area (Å²) in [6.07, 6.45) is 5.13. The monoisotopic (exact) mass is 301 g/mol. The molecule has 3 heterocycles. The van der Waals surface area contributed by atoms with E-state index in [2.05, 4.69) is 4.98 Å². The summed E-state index contributed by atoms with van der Waals surface area (Å²) in [5, 5.41) is 8.99. The van der Waals surface area contributed by atoms with E-state index >= 15 is 0 Å². The molecule has 0 unspecified atom stereocenters. The maximum Gasteiger partial charge on any atom is 0.306 e. The number of amides is 1. The highest BCUT2D eigenvalue weighted by Gasteiger charge is 2.27. The predicted molar refractivity (Wildman–Crippen MR) is 80.6 cm³/mol. The molecule has 0 spiro atoms. The van der Waals surface area contributed by atoms with E-state index in [1.54, 1.807) is 4.90 Å². The minimum absolute atomic E-state index is 0.0184. The van der Waals surface area contributed by atoms with Crippen LogP contribution in [0.25, 0.3) is 5.65 Å². The van der Waals surface area contributed by atoms with Gasteiger partial charge in [0.1, 0.15) is 5.65 Å². The standard InChI is InChI=1S/C16H19N3O3/c1-11-3-2-6-19-10-13(17-15(11)19)9-14(20)18-7-4-12(5-8-18)16(21)22/h2-3,6,10,12H,4-5,7-9H2,1H3,(H,21,22). The highest BCUT2D eigenvalue weighted by Crippen LogP contribution is 2.18. The lowest BCUT2D eigenvalue weighted by molar-refractivity contribution is -0.145.